The Kier molecular flexibility index (Phi) is 5.72. The smallest absolute Gasteiger partial charge is 0.277 e. The zero-order valence-corrected chi connectivity index (χ0v) is 15.7. The molecule has 0 bridgehead atoms. The number of carbonyl (C=O) groups is 1. The molecule has 3 aromatic rings. The van der Waals surface area contributed by atoms with Crippen LogP contribution in [0.25, 0.3) is 11.5 Å². The Morgan fingerprint density at radius 1 is 1.24 bits per heavy atom. The molecule has 0 aliphatic heterocycles. The first-order chi connectivity index (χ1) is 12.0. The van der Waals surface area contributed by atoms with Crippen LogP contribution in [0.3, 0.4) is 0 Å². The van der Waals surface area contributed by atoms with Crippen molar-refractivity contribution in [2.75, 3.05) is 11.1 Å². The largest absolute Gasteiger partial charge is 0.411 e. The number of nitrogens with one attached hydrogen (secondary N) is 1. The van der Waals surface area contributed by atoms with E-state index in [4.69, 9.17) is 16.0 Å². The van der Waals surface area contributed by atoms with Crippen LogP contribution in [-0.2, 0) is 4.79 Å². The predicted octanol–water partition coefficient (Wildman–Crippen LogP) is 5.02. The lowest BCUT2D eigenvalue weighted by Gasteiger charge is -2.04. The zero-order valence-electron chi connectivity index (χ0n) is 12.5. The van der Waals surface area contributed by atoms with Crippen LogP contribution < -0.4 is 5.32 Å². The lowest BCUT2D eigenvalue weighted by Crippen LogP contribution is -2.14. The van der Waals surface area contributed by atoms with Gasteiger partial charge in [-0.2, -0.15) is 0 Å². The van der Waals surface area contributed by atoms with Crippen molar-refractivity contribution in [3.63, 3.8) is 0 Å². The third-order valence-corrected chi connectivity index (χ3v) is 4.66. The molecular formula is C16H10BrClFN3O2S. The van der Waals surface area contributed by atoms with Crippen LogP contribution in [0.2, 0.25) is 5.02 Å². The second-order valence-corrected chi connectivity index (χ2v) is 7.10. The number of carbonyl (C=O) groups excluding carboxylic acids is 1. The van der Waals surface area contributed by atoms with Crippen LogP contribution in [0.15, 0.2) is 56.6 Å². The minimum absolute atomic E-state index is 0.0542. The standard InChI is InChI=1S/C16H10BrClFN3O2S/c17-10-3-1-9(2-4-10)15-21-22-16(24-15)25-8-14(23)20-11-5-6-13(19)12(18)7-11/h1-7H,8H2,(H,20,23). The van der Waals surface area contributed by atoms with Gasteiger partial charge in [0.1, 0.15) is 5.82 Å². The highest BCUT2D eigenvalue weighted by atomic mass is 79.9. The molecule has 128 valence electrons. The summed E-state index contributed by atoms with van der Waals surface area (Å²) in [6.07, 6.45) is 0. The van der Waals surface area contributed by atoms with Crippen LogP contribution in [0, 0.1) is 5.82 Å². The molecule has 0 saturated heterocycles. The van der Waals surface area contributed by atoms with Gasteiger partial charge in [0.2, 0.25) is 11.8 Å². The van der Waals surface area contributed by atoms with Gasteiger partial charge in [0.25, 0.3) is 5.22 Å². The molecule has 1 amide bonds. The monoisotopic (exact) mass is 441 g/mol. The van der Waals surface area contributed by atoms with E-state index < -0.39 is 5.82 Å². The van der Waals surface area contributed by atoms with Gasteiger partial charge in [0, 0.05) is 15.7 Å². The lowest BCUT2D eigenvalue weighted by molar-refractivity contribution is -0.113. The van der Waals surface area contributed by atoms with Crippen molar-refractivity contribution in [2.45, 2.75) is 5.22 Å². The predicted molar refractivity (Wildman–Crippen MR) is 98.2 cm³/mol. The van der Waals surface area contributed by atoms with Crippen molar-refractivity contribution >= 4 is 50.9 Å². The van der Waals surface area contributed by atoms with E-state index in [-0.39, 0.29) is 21.9 Å². The highest BCUT2D eigenvalue weighted by molar-refractivity contribution is 9.10. The Balaban J connectivity index is 1.57. The second kappa shape index (κ2) is 7.99. The zero-order chi connectivity index (χ0) is 17.8. The van der Waals surface area contributed by atoms with Crippen LogP contribution in [0.4, 0.5) is 10.1 Å². The van der Waals surface area contributed by atoms with Crippen LogP contribution in [0.5, 0.6) is 0 Å². The van der Waals surface area contributed by atoms with Gasteiger partial charge in [-0.1, -0.05) is 39.3 Å². The van der Waals surface area contributed by atoms with Gasteiger partial charge < -0.3 is 9.73 Å². The van der Waals surface area contributed by atoms with Crippen LogP contribution in [-0.4, -0.2) is 21.9 Å². The SMILES string of the molecule is O=C(CSc1nnc(-c2ccc(Br)cc2)o1)Nc1ccc(F)c(Cl)c1. The number of hydrogen-bond acceptors (Lipinski definition) is 5. The maximum Gasteiger partial charge on any atom is 0.277 e. The van der Waals surface area contributed by atoms with E-state index in [0.717, 1.165) is 21.8 Å². The number of hydrogen-bond donors (Lipinski definition) is 1. The summed E-state index contributed by atoms with van der Waals surface area (Å²) in [5, 5.41) is 10.7. The van der Waals surface area contributed by atoms with E-state index in [1.54, 1.807) is 0 Å². The fraction of sp³-hybridized carbons (Fsp3) is 0.0625. The highest BCUT2D eigenvalue weighted by Crippen LogP contribution is 2.25. The molecule has 0 spiro atoms. The van der Waals surface area contributed by atoms with Gasteiger partial charge in [0.05, 0.1) is 10.8 Å². The number of amides is 1. The number of anilines is 1. The third kappa shape index (κ3) is 4.81. The quantitative estimate of drug-likeness (QED) is 0.562. The maximum atomic E-state index is 13.1. The minimum atomic E-state index is -0.541. The van der Waals surface area contributed by atoms with E-state index >= 15 is 0 Å². The van der Waals surface area contributed by atoms with Crippen molar-refractivity contribution < 1.29 is 13.6 Å². The summed E-state index contributed by atoms with van der Waals surface area (Å²) in [5.41, 5.74) is 1.20. The summed E-state index contributed by atoms with van der Waals surface area (Å²) >= 11 is 10.1. The summed E-state index contributed by atoms with van der Waals surface area (Å²) in [6, 6.07) is 11.4. The van der Waals surface area contributed by atoms with Gasteiger partial charge in [-0.05, 0) is 42.5 Å². The van der Waals surface area contributed by atoms with Crippen molar-refractivity contribution in [2.24, 2.45) is 0 Å². The van der Waals surface area contributed by atoms with Crippen molar-refractivity contribution in [1.82, 2.24) is 10.2 Å². The van der Waals surface area contributed by atoms with Gasteiger partial charge in [-0.15, -0.1) is 10.2 Å². The summed E-state index contributed by atoms with van der Waals surface area (Å²) in [5.74, 6) is -0.395. The Bertz CT molecular complexity index is 905. The Morgan fingerprint density at radius 2 is 2.00 bits per heavy atom. The molecule has 0 aliphatic carbocycles. The summed E-state index contributed by atoms with van der Waals surface area (Å²) in [7, 11) is 0. The van der Waals surface area contributed by atoms with Gasteiger partial charge in [-0.3, -0.25) is 4.79 Å². The molecule has 0 saturated carbocycles. The molecule has 5 nitrogen and oxygen atoms in total. The van der Waals surface area contributed by atoms with E-state index in [0.29, 0.717) is 11.6 Å². The summed E-state index contributed by atoms with van der Waals surface area (Å²) < 4.78 is 19.6. The number of thioether (sulfide) groups is 1. The van der Waals surface area contributed by atoms with Crippen LogP contribution in [0.1, 0.15) is 0 Å². The van der Waals surface area contributed by atoms with Crippen LogP contribution >= 0.6 is 39.3 Å². The van der Waals surface area contributed by atoms with E-state index in [1.165, 1.54) is 18.2 Å². The molecule has 1 N–H and O–H groups in total. The molecule has 1 aromatic heterocycles. The molecule has 2 aromatic carbocycles. The highest BCUT2D eigenvalue weighted by Gasteiger charge is 2.12. The molecule has 0 atom stereocenters. The van der Waals surface area contributed by atoms with Gasteiger partial charge in [-0.25, -0.2) is 4.39 Å². The minimum Gasteiger partial charge on any atom is -0.411 e. The number of halogens is 3. The fourth-order valence-corrected chi connectivity index (χ4v) is 2.88. The lowest BCUT2D eigenvalue weighted by atomic mass is 10.2. The topological polar surface area (TPSA) is 68.0 Å². The first-order valence-electron chi connectivity index (χ1n) is 6.98. The molecule has 25 heavy (non-hydrogen) atoms. The molecule has 1 heterocycles. The van der Waals surface area contributed by atoms with Crippen molar-refractivity contribution in [1.29, 1.82) is 0 Å². The van der Waals surface area contributed by atoms with Gasteiger partial charge in [0.15, 0.2) is 0 Å². The molecule has 0 unspecified atom stereocenters. The Hall–Kier alpha value is -1.90. The average molecular weight is 443 g/mol. The molecule has 0 fully saturated rings. The molecule has 9 heteroatoms. The molecule has 0 aliphatic rings. The second-order valence-electron chi connectivity index (χ2n) is 4.85. The first-order valence-corrected chi connectivity index (χ1v) is 9.14. The summed E-state index contributed by atoms with van der Waals surface area (Å²) in [6.45, 7) is 0. The fourth-order valence-electron chi connectivity index (χ4n) is 1.88. The number of rotatable bonds is 5. The molecular weight excluding hydrogens is 433 g/mol. The average Bonchev–Trinajstić information content (AvgIpc) is 3.06. The number of nitrogens with zero attached hydrogens (tertiary/aromatic N) is 2. The normalized spacial score (nSPS) is 10.7. The Morgan fingerprint density at radius 3 is 2.72 bits per heavy atom. The maximum absolute atomic E-state index is 13.1. The van der Waals surface area contributed by atoms with Crippen molar-refractivity contribution in [3.05, 3.63) is 57.8 Å². The number of benzene rings is 2. The van der Waals surface area contributed by atoms with E-state index in [2.05, 4.69) is 31.4 Å². The Labute approximate surface area is 160 Å². The summed E-state index contributed by atoms with van der Waals surface area (Å²) in [4.78, 5) is 11.9. The number of aromatic nitrogens is 2. The first kappa shape index (κ1) is 17.9. The van der Waals surface area contributed by atoms with E-state index in [1.807, 2.05) is 24.3 Å². The van der Waals surface area contributed by atoms with E-state index in [9.17, 15) is 9.18 Å². The third-order valence-electron chi connectivity index (χ3n) is 3.03. The van der Waals surface area contributed by atoms with Crippen molar-refractivity contribution in [3.8, 4) is 11.5 Å². The molecule has 3 rings (SSSR count). The molecule has 0 radical (unpaired) electrons. The van der Waals surface area contributed by atoms with Gasteiger partial charge >= 0.3 is 0 Å².